The largest absolute Gasteiger partial charge is 0.449 e. The van der Waals surface area contributed by atoms with E-state index in [0.717, 1.165) is 10.8 Å². The van der Waals surface area contributed by atoms with E-state index < -0.39 is 0 Å². The van der Waals surface area contributed by atoms with Crippen LogP contribution in [-0.4, -0.2) is 4.92 Å². The molecule has 0 saturated carbocycles. The molecule has 0 fully saturated rings. The molecule has 0 saturated heterocycles. The normalized spacial score (nSPS) is 11.1. The third-order valence-corrected chi connectivity index (χ3v) is 2.91. The van der Waals surface area contributed by atoms with Crippen molar-refractivity contribution in [3.05, 3.63) is 52.1 Å². The molecule has 0 radical (unpaired) electrons. The standard InChI is InChI=1S/C13H9NO3/c1-8-6-7-10-9-4-2-3-5-11(9)17-13(10)12(8)14(15)16/h2-7H,1H3. The molecule has 1 heterocycles. The second-order valence-corrected chi connectivity index (χ2v) is 3.96. The van der Waals surface area contributed by atoms with Gasteiger partial charge in [0.15, 0.2) is 0 Å². The Morgan fingerprint density at radius 1 is 1.12 bits per heavy atom. The molecule has 4 heteroatoms. The summed E-state index contributed by atoms with van der Waals surface area (Å²) >= 11 is 0. The number of hydrogen-bond acceptors (Lipinski definition) is 3. The molecule has 0 spiro atoms. The third kappa shape index (κ3) is 1.30. The Morgan fingerprint density at radius 2 is 1.88 bits per heavy atom. The fraction of sp³-hybridized carbons (Fsp3) is 0.0769. The van der Waals surface area contributed by atoms with Gasteiger partial charge in [0.1, 0.15) is 5.58 Å². The van der Waals surface area contributed by atoms with Crippen LogP contribution >= 0.6 is 0 Å². The Kier molecular flexibility index (Phi) is 1.92. The van der Waals surface area contributed by atoms with E-state index in [1.54, 1.807) is 13.0 Å². The Hall–Kier alpha value is -2.36. The maximum Gasteiger partial charge on any atom is 0.315 e. The van der Waals surface area contributed by atoms with E-state index in [2.05, 4.69) is 0 Å². The first-order chi connectivity index (χ1) is 8.18. The quantitative estimate of drug-likeness (QED) is 0.469. The molecule has 2 aromatic carbocycles. The number of nitro benzene ring substituents is 1. The zero-order chi connectivity index (χ0) is 12.0. The van der Waals surface area contributed by atoms with Crippen LogP contribution in [0.5, 0.6) is 0 Å². The highest BCUT2D eigenvalue weighted by Crippen LogP contribution is 2.36. The Labute approximate surface area is 96.6 Å². The highest BCUT2D eigenvalue weighted by atomic mass is 16.6. The van der Waals surface area contributed by atoms with Crippen molar-refractivity contribution in [2.45, 2.75) is 6.92 Å². The first-order valence-electron chi connectivity index (χ1n) is 5.24. The minimum atomic E-state index is -0.389. The fourth-order valence-electron chi connectivity index (χ4n) is 2.10. The lowest BCUT2D eigenvalue weighted by atomic mass is 10.1. The number of nitrogens with zero attached hydrogens (tertiary/aromatic N) is 1. The van der Waals surface area contributed by atoms with Crippen LogP contribution < -0.4 is 0 Å². The first-order valence-corrected chi connectivity index (χ1v) is 5.24. The smallest absolute Gasteiger partial charge is 0.315 e. The van der Waals surface area contributed by atoms with E-state index in [1.165, 1.54) is 0 Å². The van der Waals surface area contributed by atoms with E-state index in [9.17, 15) is 10.1 Å². The summed E-state index contributed by atoms with van der Waals surface area (Å²) in [7, 11) is 0. The van der Waals surface area contributed by atoms with Gasteiger partial charge >= 0.3 is 5.69 Å². The van der Waals surface area contributed by atoms with Crippen molar-refractivity contribution in [1.29, 1.82) is 0 Å². The lowest BCUT2D eigenvalue weighted by molar-refractivity contribution is -0.384. The molecule has 17 heavy (non-hydrogen) atoms. The average Bonchev–Trinajstić information content (AvgIpc) is 2.66. The van der Waals surface area contributed by atoms with Gasteiger partial charge in [-0.2, -0.15) is 0 Å². The number of furan rings is 1. The molecule has 84 valence electrons. The molecule has 3 rings (SSSR count). The predicted octanol–water partition coefficient (Wildman–Crippen LogP) is 3.80. The molecule has 0 atom stereocenters. The van der Waals surface area contributed by atoms with Crippen LogP contribution in [-0.2, 0) is 0 Å². The number of benzene rings is 2. The van der Waals surface area contributed by atoms with Gasteiger partial charge in [-0.3, -0.25) is 10.1 Å². The lowest BCUT2D eigenvalue weighted by Gasteiger charge is -1.96. The van der Waals surface area contributed by atoms with Crippen molar-refractivity contribution >= 4 is 27.6 Å². The minimum absolute atomic E-state index is 0.0544. The summed E-state index contributed by atoms with van der Waals surface area (Å²) in [5.41, 5.74) is 1.70. The number of aryl methyl sites for hydroxylation is 1. The van der Waals surface area contributed by atoms with Gasteiger partial charge in [-0.25, -0.2) is 0 Å². The Bertz CT molecular complexity index is 743. The maximum absolute atomic E-state index is 11.1. The lowest BCUT2D eigenvalue weighted by Crippen LogP contribution is -1.91. The van der Waals surface area contributed by atoms with Gasteiger partial charge in [-0.05, 0) is 19.1 Å². The average molecular weight is 227 g/mol. The zero-order valence-electron chi connectivity index (χ0n) is 9.14. The topological polar surface area (TPSA) is 56.3 Å². The van der Waals surface area contributed by atoms with Crippen LogP contribution in [0.3, 0.4) is 0 Å². The second kappa shape index (κ2) is 3.31. The van der Waals surface area contributed by atoms with Crippen LogP contribution in [0.2, 0.25) is 0 Å². The molecule has 0 aliphatic carbocycles. The SMILES string of the molecule is Cc1ccc2c(oc3ccccc32)c1[N+](=O)[O-]. The summed E-state index contributed by atoms with van der Waals surface area (Å²) in [6, 6.07) is 11.1. The minimum Gasteiger partial charge on any atom is -0.449 e. The van der Waals surface area contributed by atoms with Crippen molar-refractivity contribution in [3.63, 3.8) is 0 Å². The number of rotatable bonds is 1. The molecule has 0 unspecified atom stereocenters. The van der Waals surface area contributed by atoms with Crippen molar-refractivity contribution in [1.82, 2.24) is 0 Å². The van der Waals surface area contributed by atoms with Gasteiger partial charge in [0, 0.05) is 16.3 Å². The molecule has 3 aromatic rings. The molecule has 0 N–H and O–H groups in total. The van der Waals surface area contributed by atoms with Crippen molar-refractivity contribution in [2.75, 3.05) is 0 Å². The van der Waals surface area contributed by atoms with Crippen LogP contribution in [0.1, 0.15) is 5.56 Å². The molecule has 1 aromatic heterocycles. The summed E-state index contributed by atoms with van der Waals surface area (Å²) in [6.07, 6.45) is 0. The van der Waals surface area contributed by atoms with Crippen LogP contribution in [0.4, 0.5) is 5.69 Å². The third-order valence-electron chi connectivity index (χ3n) is 2.91. The molecule has 0 bridgehead atoms. The van der Waals surface area contributed by atoms with Crippen LogP contribution in [0.25, 0.3) is 21.9 Å². The fourth-order valence-corrected chi connectivity index (χ4v) is 2.10. The highest BCUT2D eigenvalue weighted by molar-refractivity contribution is 6.08. The number of nitro groups is 1. The molecule has 0 amide bonds. The Morgan fingerprint density at radius 3 is 2.65 bits per heavy atom. The monoisotopic (exact) mass is 227 g/mol. The first kappa shape index (κ1) is 9.84. The second-order valence-electron chi connectivity index (χ2n) is 3.96. The van der Waals surface area contributed by atoms with Crippen molar-refractivity contribution in [3.8, 4) is 0 Å². The summed E-state index contributed by atoms with van der Waals surface area (Å²) in [6.45, 7) is 1.71. The van der Waals surface area contributed by atoms with E-state index in [0.29, 0.717) is 16.7 Å². The molecular formula is C13H9NO3. The van der Waals surface area contributed by atoms with E-state index >= 15 is 0 Å². The summed E-state index contributed by atoms with van der Waals surface area (Å²) in [5.74, 6) is 0. The van der Waals surface area contributed by atoms with Gasteiger partial charge in [0.2, 0.25) is 5.58 Å². The van der Waals surface area contributed by atoms with E-state index in [1.807, 2.05) is 30.3 Å². The molecule has 0 aliphatic heterocycles. The van der Waals surface area contributed by atoms with Crippen LogP contribution in [0, 0.1) is 17.0 Å². The highest BCUT2D eigenvalue weighted by Gasteiger charge is 2.20. The summed E-state index contributed by atoms with van der Waals surface area (Å²) < 4.78 is 5.58. The zero-order valence-corrected chi connectivity index (χ0v) is 9.14. The number of para-hydroxylation sites is 1. The van der Waals surface area contributed by atoms with Gasteiger partial charge in [0.05, 0.1) is 4.92 Å². The van der Waals surface area contributed by atoms with Gasteiger partial charge < -0.3 is 4.42 Å². The summed E-state index contributed by atoms with van der Waals surface area (Å²) in [4.78, 5) is 10.7. The molecule has 0 aliphatic rings. The summed E-state index contributed by atoms with van der Waals surface area (Å²) in [5, 5.41) is 12.8. The van der Waals surface area contributed by atoms with Crippen LogP contribution in [0.15, 0.2) is 40.8 Å². The molecule has 4 nitrogen and oxygen atoms in total. The van der Waals surface area contributed by atoms with E-state index in [4.69, 9.17) is 4.42 Å². The van der Waals surface area contributed by atoms with E-state index in [-0.39, 0.29) is 10.6 Å². The maximum atomic E-state index is 11.1. The van der Waals surface area contributed by atoms with Gasteiger partial charge in [0.25, 0.3) is 0 Å². The van der Waals surface area contributed by atoms with Gasteiger partial charge in [-0.15, -0.1) is 0 Å². The van der Waals surface area contributed by atoms with Crippen molar-refractivity contribution in [2.24, 2.45) is 0 Å². The van der Waals surface area contributed by atoms with Gasteiger partial charge in [-0.1, -0.05) is 24.3 Å². The Balaban J connectivity index is 2.56. The molecular weight excluding hydrogens is 218 g/mol. The number of hydrogen-bond donors (Lipinski definition) is 0. The van der Waals surface area contributed by atoms with Crippen molar-refractivity contribution < 1.29 is 9.34 Å². The predicted molar refractivity (Wildman–Crippen MR) is 65.1 cm³/mol. The number of fused-ring (bicyclic) bond motifs is 3.